The highest BCUT2D eigenvalue weighted by Crippen LogP contribution is 2.31. The number of nitrogens with zero attached hydrogens (tertiary/aromatic N) is 5. The van der Waals surface area contributed by atoms with Crippen molar-refractivity contribution in [1.82, 2.24) is 15.0 Å². The predicted molar refractivity (Wildman–Crippen MR) is 123 cm³/mol. The van der Waals surface area contributed by atoms with E-state index in [4.69, 9.17) is 21.3 Å². The van der Waals surface area contributed by atoms with Gasteiger partial charge in [-0.1, -0.05) is 17.7 Å². The maximum atomic E-state index is 9.72. The van der Waals surface area contributed by atoms with Gasteiger partial charge in [-0.2, -0.15) is 5.26 Å². The second-order valence-electron chi connectivity index (χ2n) is 7.95. The quantitative estimate of drug-likeness (QED) is 0.586. The molecule has 0 bridgehead atoms. The summed E-state index contributed by atoms with van der Waals surface area (Å²) in [5.41, 5.74) is 5.68. The maximum Gasteiger partial charge on any atom is 0.183 e. The lowest BCUT2D eigenvalue weighted by Gasteiger charge is -2.22. The number of nitriles is 1. The summed E-state index contributed by atoms with van der Waals surface area (Å²) in [6, 6.07) is 9.97. The molecule has 1 aliphatic rings. The van der Waals surface area contributed by atoms with Gasteiger partial charge in [0.25, 0.3) is 0 Å². The van der Waals surface area contributed by atoms with Gasteiger partial charge in [0.1, 0.15) is 11.2 Å². The van der Waals surface area contributed by atoms with Gasteiger partial charge in [-0.3, -0.25) is 0 Å². The van der Waals surface area contributed by atoms with E-state index in [1.807, 2.05) is 26.0 Å². The van der Waals surface area contributed by atoms with Gasteiger partial charge in [0.05, 0.1) is 34.6 Å². The summed E-state index contributed by atoms with van der Waals surface area (Å²) < 4.78 is 5.49. The normalized spacial score (nSPS) is 17.0. The molecule has 3 aromatic rings. The minimum atomic E-state index is -0.0514. The zero-order chi connectivity index (χ0) is 22.1. The lowest BCUT2D eigenvalue weighted by Crippen LogP contribution is -2.24. The number of hydrogen-bond acceptors (Lipinski definition) is 7. The third kappa shape index (κ3) is 4.27. The molecule has 8 heteroatoms. The molecule has 0 amide bonds. The molecule has 0 unspecified atom stereocenters. The highest BCUT2D eigenvalue weighted by Gasteiger charge is 2.27. The third-order valence-electron chi connectivity index (χ3n) is 5.70. The summed E-state index contributed by atoms with van der Waals surface area (Å²) in [4.78, 5) is 16.0. The predicted octanol–water partition coefficient (Wildman–Crippen LogP) is 4.56. The Morgan fingerprint density at radius 2 is 2.06 bits per heavy atom. The van der Waals surface area contributed by atoms with Crippen molar-refractivity contribution in [2.75, 3.05) is 30.4 Å². The molecule has 160 valence electrons. The molecule has 1 saturated heterocycles. The molecule has 0 spiro atoms. The van der Waals surface area contributed by atoms with Gasteiger partial charge in [0, 0.05) is 25.8 Å². The van der Waals surface area contributed by atoms with Crippen LogP contribution in [-0.2, 0) is 4.74 Å². The van der Waals surface area contributed by atoms with Crippen molar-refractivity contribution < 1.29 is 4.74 Å². The summed E-state index contributed by atoms with van der Waals surface area (Å²) in [5.74, 6) is 0.621. The first kappa shape index (κ1) is 21.3. The van der Waals surface area contributed by atoms with Crippen molar-refractivity contribution in [2.45, 2.75) is 39.3 Å². The van der Waals surface area contributed by atoms with E-state index >= 15 is 0 Å². The van der Waals surface area contributed by atoms with Gasteiger partial charge >= 0.3 is 0 Å². The molecule has 4 rings (SSSR count). The number of pyridine rings is 1. The van der Waals surface area contributed by atoms with Crippen LogP contribution in [0.4, 0.5) is 11.5 Å². The Labute approximate surface area is 187 Å². The Morgan fingerprint density at radius 1 is 1.26 bits per heavy atom. The number of aromatic nitrogens is 3. The van der Waals surface area contributed by atoms with E-state index in [1.54, 1.807) is 13.2 Å². The van der Waals surface area contributed by atoms with E-state index in [1.165, 1.54) is 0 Å². The smallest absolute Gasteiger partial charge is 0.183 e. The molecule has 2 atom stereocenters. The standard InChI is InChI=1S/C23H25ClN6O/c1-13-9-17(14(2)26-18-5-6-21(24)27-15(18)3)22-19(10-13)28-20(11-25)23(29-22)30-8-7-16(12-30)31-4/h5-6,9-10,14,16,26H,7-8,12H2,1-4H3/t14-,16+/m1/s1. The van der Waals surface area contributed by atoms with Crippen molar-refractivity contribution >= 4 is 34.1 Å². The van der Waals surface area contributed by atoms with E-state index in [2.05, 4.69) is 39.2 Å². The van der Waals surface area contributed by atoms with Gasteiger partial charge in [0.2, 0.25) is 0 Å². The molecule has 1 fully saturated rings. The number of rotatable bonds is 5. The van der Waals surface area contributed by atoms with Crippen LogP contribution in [0.1, 0.15) is 41.9 Å². The molecule has 1 aromatic carbocycles. The SMILES string of the molecule is CO[C@H]1CCN(c2nc3c([C@@H](C)Nc4ccc(Cl)nc4C)cc(C)cc3nc2C#N)C1. The van der Waals surface area contributed by atoms with Crippen LogP contribution in [0, 0.1) is 25.2 Å². The molecular weight excluding hydrogens is 412 g/mol. The molecule has 0 saturated carbocycles. The van der Waals surface area contributed by atoms with E-state index in [0.29, 0.717) is 23.2 Å². The number of halogens is 1. The summed E-state index contributed by atoms with van der Waals surface area (Å²) in [6.07, 6.45) is 1.05. The molecule has 1 N–H and O–H groups in total. The van der Waals surface area contributed by atoms with E-state index in [-0.39, 0.29) is 12.1 Å². The number of fused-ring (bicyclic) bond motifs is 1. The van der Waals surface area contributed by atoms with Gasteiger partial charge in [-0.05, 0) is 51.0 Å². The summed E-state index contributed by atoms with van der Waals surface area (Å²) in [7, 11) is 1.72. The highest BCUT2D eigenvalue weighted by atomic mass is 35.5. The molecular formula is C23H25ClN6O. The number of ether oxygens (including phenoxy) is 1. The lowest BCUT2D eigenvalue weighted by atomic mass is 10.0. The fraction of sp³-hybridized carbons (Fsp3) is 0.391. The first-order valence-corrected chi connectivity index (χ1v) is 10.7. The number of aryl methyl sites for hydroxylation is 2. The minimum Gasteiger partial charge on any atom is -0.380 e. The van der Waals surface area contributed by atoms with Crippen molar-refractivity contribution in [3.63, 3.8) is 0 Å². The monoisotopic (exact) mass is 436 g/mol. The second-order valence-corrected chi connectivity index (χ2v) is 8.34. The molecule has 2 aromatic heterocycles. The fourth-order valence-corrected chi connectivity index (χ4v) is 4.25. The molecule has 1 aliphatic heterocycles. The Morgan fingerprint density at radius 3 is 2.74 bits per heavy atom. The van der Waals surface area contributed by atoms with Gasteiger partial charge < -0.3 is 15.0 Å². The van der Waals surface area contributed by atoms with Crippen LogP contribution >= 0.6 is 11.6 Å². The molecule has 7 nitrogen and oxygen atoms in total. The first-order valence-electron chi connectivity index (χ1n) is 10.3. The summed E-state index contributed by atoms with van der Waals surface area (Å²) >= 11 is 6.00. The van der Waals surface area contributed by atoms with Crippen molar-refractivity contribution in [3.8, 4) is 6.07 Å². The van der Waals surface area contributed by atoms with Gasteiger partial charge in [-0.25, -0.2) is 15.0 Å². The average Bonchev–Trinajstić information content (AvgIpc) is 3.23. The van der Waals surface area contributed by atoms with Crippen LogP contribution in [0.25, 0.3) is 11.0 Å². The van der Waals surface area contributed by atoms with Crippen molar-refractivity contribution in [1.29, 1.82) is 5.26 Å². The second kappa shape index (κ2) is 8.66. The van der Waals surface area contributed by atoms with E-state index < -0.39 is 0 Å². The van der Waals surface area contributed by atoms with Crippen LogP contribution in [0.2, 0.25) is 5.15 Å². The highest BCUT2D eigenvalue weighted by molar-refractivity contribution is 6.29. The minimum absolute atomic E-state index is 0.0514. The Kier molecular flexibility index (Phi) is 5.94. The number of benzene rings is 1. The number of nitrogens with one attached hydrogen (secondary N) is 1. The van der Waals surface area contributed by atoms with E-state index in [0.717, 1.165) is 46.5 Å². The zero-order valence-corrected chi connectivity index (χ0v) is 18.9. The largest absolute Gasteiger partial charge is 0.380 e. The number of methoxy groups -OCH3 is 1. The Balaban J connectivity index is 1.77. The van der Waals surface area contributed by atoms with Crippen molar-refractivity contribution in [2.24, 2.45) is 0 Å². The fourth-order valence-electron chi connectivity index (χ4n) is 4.06. The number of hydrogen-bond donors (Lipinski definition) is 1. The van der Waals surface area contributed by atoms with E-state index in [9.17, 15) is 5.26 Å². The zero-order valence-electron chi connectivity index (χ0n) is 18.1. The van der Waals surface area contributed by atoms with Gasteiger partial charge in [0.15, 0.2) is 11.5 Å². The average molecular weight is 437 g/mol. The van der Waals surface area contributed by atoms with Gasteiger partial charge in [-0.15, -0.1) is 0 Å². The molecule has 0 aliphatic carbocycles. The Hall–Kier alpha value is -2.95. The van der Waals surface area contributed by atoms with Crippen LogP contribution in [0.3, 0.4) is 0 Å². The lowest BCUT2D eigenvalue weighted by molar-refractivity contribution is 0.121. The summed E-state index contributed by atoms with van der Waals surface area (Å²) in [6.45, 7) is 7.52. The molecule has 0 radical (unpaired) electrons. The van der Waals surface area contributed by atoms with Crippen LogP contribution in [0.5, 0.6) is 0 Å². The topological polar surface area (TPSA) is 87.0 Å². The number of anilines is 2. The summed E-state index contributed by atoms with van der Waals surface area (Å²) in [5, 5.41) is 13.7. The van der Waals surface area contributed by atoms with Crippen LogP contribution in [-0.4, -0.2) is 41.3 Å². The van der Waals surface area contributed by atoms with Crippen molar-refractivity contribution in [3.05, 3.63) is 51.9 Å². The Bertz CT molecular complexity index is 1170. The first-order chi connectivity index (χ1) is 14.9. The van der Waals surface area contributed by atoms with Crippen LogP contribution in [0.15, 0.2) is 24.3 Å². The molecule has 3 heterocycles. The maximum absolute atomic E-state index is 9.72. The molecule has 31 heavy (non-hydrogen) atoms. The third-order valence-corrected chi connectivity index (χ3v) is 5.91. The van der Waals surface area contributed by atoms with Crippen LogP contribution < -0.4 is 10.2 Å².